The number of para-hydroxylation sites is 2. The van der Waals surface area contributed by atoms with E-state index in [2.05, 4.69) is 30.5 Å². The van der Waals surface area contributed by atoms with Crippen molar-refractivity contribution in [3.05, 3.63) is 115 Å². The number of Topliss-reactive ketones (excluding diaryl/α,β-unsaturated/α-hetero) is 1. The molecule has 0 saturated heterocycles. The molecule has 1 heterocycles. The minimum atomic E-state index is -4.14. The largest absolute Gasteiger partial charge is 0.497 e. The van der Waals surface area contributed by atoms with Gasteiger partial charge in [-0.25, -0.2) is 8.42 Å². The maximum Gasteiger partial charge on any atom is 0.262 e. The summed E-state index contributed by atoms with van der Waals surface area (Å²) in [5.41, 5.74) is 2.79. The molecule has 0 saturated carbocycles. The number of ketones is 1. The number of hydrogen-bond donors (Lipinski definition) is 1. The van der Waals surface area contributed by atoms with Gasteiger partial charge in [-0.2, -0.15) is 0 Å². The summed E-state index contributed by atoms with van der Waals surface area (Å²) in [7, 11) is 0.458. The fourth-order valence-corrected chi connectivity index (χ4v) is 6.30. The third-order valence-corrected chi connectivity index (χ3v) is 9.42. The van der Waals surface area contributed by atoms with Gasteiger partial charge in [-0.1, -0.05) is 51.1 Å². The molecule has 11 heteroatoms. The maximum atomic E-state index is 14.0. The van der Waals surface area contributed by atoms with Crippen LogP contribution >= 0.6 is 0 Å². The minimum absolute atomic E-state index is 0.0146. The van der Waals surface area contributed by atoms with Crippen LogP contribution in [0.2, 0.25) is 0 Å². The number of carbonyl (C=O) groups is 1. The molecule has 5 rings (SSSR count). The van der Waals surface area contributed by atoms with Crippen molar-refractivity contribution in [2.24, 2.45) is 0 Å². The van der Waals surface area contributed by atoms with E-state index in [1.807, 2.05) is 6.07 Å². The fourth-order valence-electron chi connectivity index (χ4n) is 5.25. The maximum absolute atomic E-state index is 14.0. The molecule has 51 heavy (non-hydrogen) atoms. The Balaban J connectivity index is 1.61. The topological polar surface area (TPSA) is 122 Å². The average Bonchev–Trinajstić information content (AvgIpc) is 3.12. The van der Waals surface area contributed by atoms with E-state index in [1.54, 1.807) is 111 Å². The SMILES string of the molecule is COc1cc(OC)cc(-c2cc(NS(=O)(=O)c3ccc(C(C)(C)C)cc3)c(Oc3ccccc3OC)c(OCCC(=O)Cc3ccccn3)c2)c1. The van der Waals surface area contributed by atoms with Gasteiger partial charge >= 0.3 is 0 Å². The standard InChI is InChI=1S/C40H42N2O8S/c1-40(2,3)29-14-16-34(17-15-29)51(44,45)42-35-23-28(27-21-32(46-4)26-33(22-27)47-5)24-38(39(35)50-37-13-8-7-12-36(37)48-6)49-20-18-31(43)25-30-11-9-10-19-41-30/h7-17,19,21-24,26,42H,18,20,25H2,1-6H3. The molecule has 1 aromatic heterocycles. The van der Waals surface area contributed by atoms with Crippen LogP contribution in [0.1, 0.15) is 38.4 Å². The quantitative estimate of drug-likeness (QED) is 0.114. The zero-order valence-electron chi connectivity index (χ0n) is 29.6. The van der Waals surface area contributed by atoms with E-state index in [0.717, 1.165) is 5.56 Å². The normalized spacial score (nSPS) is 11.4. The van der Waals surface area contributed by atoms with E-state index in [1.165, 1.54) is 7.11 Å². The summed E-state index contributed by atoms with van der Waals surface area (Å²) in [6, 6.07) is 27.8. The molecule has 0 amide bonds. The van der Waals surface area contributed by atoms with Gasteiger partial charge in [-0.05, 0) is 82.8 Å². The van der Waals surface area contributed by atoms with Gasteiger partial charge in [0.25, 0.3) is 10.0 Å². The lowest BCUT2D eigenvalue weighted by atomic mass is 9.87. The second kappa shape index (κ2) is 16.0. The van der Waals surface area contributed by atoms with E-state index >= 15 is 0 Å². The number of rotatable bonds is 15. The molecular formula is C40H42N2O8S. The molecule has 4 aromatic carbocycles. The van der Waals surface area contributed by atoms with Crippen LogP contribution in [0.25, 0.3) is 11.1 Å². The van der Waals surface area contributed by atoms with Crippen molar-refractivity contribution < 1.29 is 36.9 Å². The van der Waals surface area contributed by atoms with Crippen molar-refractivity contribution in [2.45, 2.75) is 43.9 Å². The van der Waals surface area contributed by atoms with Crippen LogP contribution in [0, 0.1) is 0 Å². The molecule has 0 aliphatic carbocycles. The van der Waals surface area contributed by atoms with Gasteiger partial charge in [0.05, 0.1) is 38.5 Å². The van der Waals surface area contributed by atoms with Crippen molar-refractivity contribution >= 4 is 21.5 Å². The van der Waals surface area contributed by atoms with E-state index in [0.29, 0.717) is 39.8 Å². The van der Waals surface area contributed by atoms with Gasteiger partial charge in [-0.15, -0.1) is 0 Å². The van der Waals surface area contributed by atoms with E-state index < -0.39 is 10.0 Å². The van der Waals surface area contributed by atoms with E-state index in [4.69, 9.17) is 23.7 Å². The molecule has 266 valence electrons. The summed E-state index contributed by atoms with van der Waals surface area (Å²) < 4.78 is 60.0. The van der Waals surface area contributed by atoms with Crippen LogP contribution in [0.15, 0.2) is 108 Å². The van der Waals surface area contributed by atoms with Crippen molar-refractivity contribution in [3.8, 4) is 45.6 Å². The lowest BCUT2D eigenvalue weighted by molar-refractivity contribution is -0.118. The van der Waals surface area contributed by atoms with Crippen LogP contribution in [0.4, 0.5) is 5.69 Å². The van der Waals surface area contributed by atoms with Gasteiger partial charge in [0.15, 0.2) is 23.0 Å². The summed E-state index contributed by atoms with van der Waals surface area (Å²) in [4.78, 5) is 17.2. The number of ether oxygens (including phenoxy) is 5. The first-order valence-corrected chi connectivity index (χ1v) is 17.8. The van der Waals surface area contributed by atoms with Gasteiger partial charge in [0.2, 0.25) is 0 Å². The lowest BCUT2D eigenvalue weighted by Gasteiger charge is -2.21. The van der Waals surface area contributed by atoms with Crippen LogP contribution in [0.5, 0.6) is 34.5 Å². The Bertz CT molecular complexity index is 2050. The molecular weight excluding hydrogens is 669 g/mol. The summed E-state index contributed by atoms with van der Waals surface area (Å²) >= 11 is 0. The van der Waals surface area contributed by atoms with Crippen LogP contribution in [0.3, 0.4) is 0 Å². The molecule has 0 fully saturated rings. The average molecular weight is 711 g/mol. The Kier molecular flexibility index (Phi) is 11.5. The first-order valence-electron chi connectivity index (χ1n) is 16.3. The number of carbonyl (C=O) groups excluding carboxylic acids is 1. The van der Waals surface area contributed by atoms with Gasteiger partial charge in [0, 0.05) is 30.8 Å². The van der Waals surface area contributed by atoms with Crippen molar-refractivity contribution in [1.29, 1.82) is 0 Å². The second-order valence-corrected chi connectivity index (χ2v) is 14.4. The van der Waals surface area contributed by atoms with Gasteiger partial charge < -0.3 is 23.7 Å². The van der Waals surface area contributed by atoms with Crippen LogP contribution in [-0.4, -0.2) is 47.1 Å². The Hall–Kier alpha value is -5.55. The second-order valence-electron chi connectivity index (χ2n) is 12.7. The van der Waals surface area contributed by atoms with Crippen molar-refractivity contribution in [2.75, 3.05) is 32.7 Å². The zero-order chi connectivity index (χ0) is 36.6. The lowest BCUT2D eigenvalue weighted by Crippen LogP contribution is -2.16. The molecule has 10 nitrogen and oxygen atoms in total. The van der Waals surface area contributed by atoms with Gasteiger partial charge in [0.1, 0.15) is 17.3 Å². The Morgan fingerprint density at radius 2 is 1.39 bits per heavy atom. The summed E-state index contributed by atoms with van der Waals surface area (Å²) in [6.07, 6.45) is 1.86. The number of sulfonamides is 1. The van der Waals surface area contributed by atoms with Crippen LogP contribution in [-0.2, 0) is 26.7 Å². The van der Waals surface area contributed by atoms with Crippen molar-refractivity contribution in [1.82, 2.24) is 4.98 Å². The van der Waals surface area contributed by atoms with E-state index in [-0.39, 0.29) is 52.7 Å². The number of nitrogens with zero attached hydrogens (tertiary/aromatic N) is 1. The first kappa shape index (κ1) is 36.7. The molecule has 0 spiro atoms. The molecule has 5 aromatic rings. The number of benzene rings is 4. The minimum Gasteiger partial charge on any atom is -0.497 e. The number of anilines is 1. The highest BCUT2D eigenvalue weighted by molar-refractivity contribution is 7.92. The number of hydrogen-bond acceptors (Lipinski definition) is 9. The number of methoxy groups -OCH3 is 3. The van der Waals surface area contributed by atoms with Crippen LogP contribution < -0.4 is 28.4 Å². The first-order chi connectivity index (χ1) is 24.4. The monoisotopic (exact) mass is 710 g/mol. The molecule has 0 aliphatic rings. The predicted octanol–water partition coefficient (Wildman–Crippen LogP) is 8.25. The highest BCUT2D eigenvalue weighted by atomic mass is 32.2. The van der Waals surface area contributed by atoms with E-state index in [9.17, 15) is 13.2 Å². The molecule has 1 N–H and O–H groups in total. The number of nitrogens with one attached hydrogen (secondary N) is 1. The Morgan fingerprint density at radius 3 is 2.00 bits per heavy atom. The summed E-state index contributed by atoms with van der Waals surface area (Å²) in [5, 5.41) is 0. The number of pyridine rings is 1. The fraction of sp³-hybridized carbons (Fsp3) is 0.250. The smallest absolute Gasteiger partial charge is 0.262 e. The highest BCUT2D eigenvalue weighted by Gasteiger charge is 2.24. The molecule has 0 bridgehead atoms. The molecule has 0 radical (unpaired) electrons. The Labute approximate surface area is 299 Å². The molecule has 0 unspecified atom stereocenters. The zero-order valence-corrected chi connectivity index (χ0v) is 30.4. The summed E-state index contributed by atoms with van der Waals surface area (Å²) in [6.45, 7) is 6.16. The molecule has 0 atom stereocenters. The van der Waals surface area contributed by atoms with Gasteiger partial charge in [-0.3, -0.25) is 14.5 Å². The molecule has 0 aliphatic heterocycles. The predicted molar refractivity (Wildman–Crippen MR) is 197 cm³/mol. The third kappa shape index (κ3) is 9.37. The Morgan fingerprint density at radius 1 is 0.745 bits per heavy atom. The number of aromatic nitrogens is 1. The summed E-state index contributed by atoms with van der Waals surface area (Å²) in [5.74, 6) is 1.99. The third-order valence-electron chi connectivity index (χ3n) is 8.04. The highest BCUT2D eigenvalue weighted by Crippen LogP contribution is 2.46. The van der Waals surface area contributed by atoms with Crippen molar-refractivity contribution in [3.63, 3.8) is 0 Å².